The summed E-state index contributed by atoms with van der Waals surface area (Å²) in [6.07, 6.45) is 1.74. The van der Waals surface area contributed by atoms with E-state index < -0.39 is 12.0 Å². The third-order valence-corrected chi connectivity index (χ3v) is 1.40. The lowest BCUT2D eigenvalue weighted by Gasteiger charge is -2.10. The Labute approximate surface area is 70.0 Å². The van der Waals surface area contributed by atoms with Gasteiger partial charge >= 0.3 is 0 Å². The number of rotatable bonds is 6. The highest BCUT2D eigenvalue weighted by Gasteiger charge is 2.02. The molecule has 0 aliphatic rings. The molecule has 12 heavy (non-hydrogen) atoms. The maximum atomic E-state index is 10.1. The lowest BCUT2D eigenvalue weighted by Crippen LogP contribution is -2.41. The molecule has 1 atom stereocenters. The number of carboxylic acid groups (broad SMARTS) is 1. The van der Waals surface area contributed by atoms with Gasteiger partial charge in [0.1, 0.15) is 17.2 Å². The van der Waals surface area contributed by atoms with Gasteiger partial charge in [0.25, 0.3) is 0 Å². The summed E-state index contributed by atoms with van der Waals surface area (Å²) in [4.78, 5) is 12.9. The zero-order chi connectivity index (χ0) is 9.40. The summed E-state index contributed by atoms with van der Waals surface area (Å²) in [6, 6.07) is -0.891. The molecule has 0 aliphatic carbocycles. The number of carbonyl (C=O) groups is 1. The molecule has 0 aromatic rings. The van der Waals surface area contributed by atoms with Gasteiger partial charge in [-0.15, -0.1) is 0 Å². The highest BCUT2D eigenvalue weighted by atomic mass is 16.4. The zero-order valence-corrected chi connectivity index (χ0v) is 6.69. The lowest BCUT2D eigenvalue weighted by molar-refractivity contribution is -0.307. The van der Waals surface area contributed by atoms with Gasteiger partial charge in [0, 0.05) is 6.04 Å². The molecule has 0 radical (unpaired) electrons. The number of nitrogens with two attached hydrogens (primary N) is 1. The molecule has 6 nitrogen and oxygen atoms in total. The van der Waals surface area contributed by atoms with Crippen LogP contribution >= 0.6 is 0 Å². The van der Waals surface area contributed by atoms with Crippen LogP contribution in [-0.2, 0) is 4.79 Å². The van der Waals surface area contributed by atoms with E-state index in [0.717, 1.165) is 0 Å². The molecule has 6 heteroatoms. The number of hydrogen-bond donors (Lipinski definition) is 2. The van der Waals surface area contributed by atoms with Crippen LogP contribution in [-0.4, -0.2) is 18.6 Å². The number of unbranched alkanes of at least 4 members (excludes halogenated alkanes) is 1. The van der Waals surface area contributed by atoms with Gasteiger partial charge in [-0.05, 0) is 19.3 Å². The van der Waals surface area contributed by atoms with E-state index in [1.807, 2.05) is 0 Å². The first-order valence-electron chi connectivity index (χ1n) is 3.68. The Morgan fingerprint density at radius 2 is 2.33 bits per heavy atom. The van der Waals surface area contributed by atoms with Gasteiger partial charge in [0.2, 0.25) is 4.91 Å². The molecule has 0 amide bonds. The van der Waals surface area contributed by atoms with E-state index in [-0.39, 0.29) is 0 Å². The molecule has 0 aliphatic heterocycles. The van der Waals surface area contributed by atoms with E-state index in [0.29, 0.717) is 25.8 Å². The van der Waals surface area contributed by atoms with Crippen molar-refractivity contribution in [2.45, 2.75) is 25.3 Å². The third kappa shape index (κ3) is 5.52. The highest BCUT2D eigenvalue weighted by molar-refractivity contribution is 5.70. The Hall–Kier alpha value is -1.26. The van der Waals surface area contributed by atoms with E-state index >= 15 is 0 Å². The smallest absolute Gasteiger partial charge is 0.214 e. The van der Waals surface area contributed by atoms with Gasteiger partial charge in [-0.2, -0.15) is 0 Å². The molecule has 1 unspecified atom stereocenters. The van der Waals surface area contributed by atoms with Crippen LogP contribution in [0, 0.1) is 5.53 Å². The van der Waals surface area contributed by atoms with E-state index in [4.69, 9.17) is 11.3 Å². The topological polar surface area (TPSA) is 116 Å². The summed E-state index contributed by atoms with van der Waals surface area (Å²) in [7, 11) is 0. The third-order valence-electron chi connectivity index (χ3n) is 1.40. The van der Waals surface area contributed by atoms with Crippen molar-refractivity contribution < 1.29 is 9.90 Å². The first-order valence-corrected chi connectivity index (χ1v) is 3.68. The highest BCUT2D eigenvalue weighted by Crippen LogP contribution is 1.97. The summed E-state index contributed by atoms with van der Waals surface area (Å²) >= 11 is 0. The minimum Gasteiger partial charge on any atom is -0.548 e. The normalized spacial score (nSPS) is 11.8. The van der Waals surface area contributed by atoms with Crippen molar-refractivity contribution in [3.05, 3.63) is 0 Å². The molecule has 0 fully saturated rings. The number of carbonyl (C=O) groups excluding carboxylic acids is 1. The Morgan fingerprint density at radius 3 is 2.83 bits per heavy atom. The van der Waals surface area contributed by atoms with E-state index in [2.05, 4.69) is 10.0 Å². The van der Waals surface area contributed by atoms with Crippen LogP contribution in [0.2, 0.25) is 0 Å². The molecule has 68 valence electrons. The quantitative estimate of drug-likeness (QED) is 0.297. The average Bonchev–Trinajstić information content (AvgIpc) is 2.03. The van der Waals surface area contributed by atoms with Crippen molar-refractivity contribution in [2.75, 3.05) is 6.54 Å². The number of nitrogens with one attached hydrogen (secondary N) is 1. The largest absolute Gasteiger partial charge is 0.548 e. The molecule has 0 spiro atoms. The van der Waals surface area contributed by atoms with Crippen LogP contribution < -0.4 is 15.8 Å². The first kappa shape index (κ1) is 10.7. The van der Waals surface area contributed by atoms with Crippen LogP contribution in [0.15, 0.2) is 5.11 Å². The minimum atomic E-state index is -1.22. The van der Waals surface area contributed by atoms with Crippen molar-refractivity contribution >= 4 is 5.97 Å². The first-order chi connectivity index (χ1) is 5.68. The molecule has 0 bridgehead atoms. The molecule has 0 rings (SSSR count). The van der Waals surface area contributed by atoms with Crippen molar-refractivity contribution in [1.82, 2.24) is 4.91 Å². The molecular formula is C6H12N4O2. The van der Waals surface area contributed by atoms with Crippen LogP contribution in [0.25, 0.3) is 0 Å². The second-order valence-electron chi connectivity index (χ2n) is 2.39. The van der Waals surface area contributed by atoms with Crippen LogP contribution in [0.5, 0.6) is 0 Å². The van der Waals surface area contributed by atoms with Crippen molar-refractivity contribution in [3.8, 4) is 0 Å². The fourth-order valence-corrected chi connectivity index (χ4v) is 0.715. The Kier molecular flexibility index (Phi) is 5.77. The van der Waals surface area contributed by atoms with Crippen molar-refractivity contribution in [2.24, 2.45) is 10.8 Å². The summed E-state index contributed by atoms with van der Waals surface area (Å²) in [5.41, 5.74) is 11.5. The van der Waals surface area contributed by atoms with E-state index in [1.165, 1.54) is 0 Å². The summed E-state index contributed by atoms with van der Waals surface area (Å²) in [5.74, 6) is -1.22. The predicted octanol–water partition coefficient (Wildman–Crippen LogP) is -1.22. The molecule has 0 heterocycles. The van der Waals surface area contributed by atoms with Gasteiger partial charge in [-0.25, -0.2) is 0 Å². The van der Waals surface area contributed by atoms with Gasteiger partial charge in [0.15, 0.2) is 0 Å². The standard InChI is InChI=1S/C6H12N4O2/c7-5(6(11)12)3-1-2-4-9-10-8/h5,8H,1-4,7H2. The van der Waals surface area contributed by atoms with Crippen LogP contribution in [0.1, 0.15) is 19.3 Å². The molecule has 3 N–H and O–H groups in total. The van der Waals surface area contributed by atoms with Gasteiger partial charge in [0.05, 0.1) is 5.97 Å². The zero-order valence-electron chi connectivity index (χ0n) is 6.69. The molecule has 0 aromatic heterocycles. The van der Waals surface area contributed by atoms with Crippen LogP contribution in [0.4, 0.5) is 0 Å². The van der Waals surface area contributed by atoms with E-state index in [9.17, 15) is 9.90 Å². The second kappa shape index (κ2) is 6.45. The predicted molar refractivity (Wildman–Crippen MR) is 39.0 cm³/mol. The average molecular weight is 172 g/mol. The Bertz CT molecular complexity index is 188. The molecule has 0 saturated carbocycles. The van der Waals surface area contributed by atoms with Gasteiger partial charge in [-0.3, -0.25) is 0 Å². The maximum absolute atomic E-state index is 10.1. The summed E-state index contributed by atoms with van der Waals surface area (Å²) < 4.78 is 0. The number of nitrogens with zero attached hydrogens (tertiary/aromatic N) is 2. The van der Waals surface area contributed by atoms with Crippen molar-refractivity contribution in [3.63, 3.8) is 0 Å². The monoisotopic (exact) mass is 172 g/mol. The number of carboxylic acids is 1. The maximum Gasteiger partial charge on any atom is 0.214 e. The Morgan fingerprint density at radius 1 is 1.67 bits per heavy atom. The number of aliphatic carboxylic acids is 1. The summed E-state index contributed by atoms with van der Waals surface area (Å²) in [5, 5.41) is 13.5. The van der Waals surface area contributed by atoms with Gasteiger partial charge < -0.3 is 15.6 Å². The van der Waals surface area contributed by atoms with Crippen molar-refractivity contribution in [1.29, 1.82) is 5.53 Å². The van der Waals surface area contributed by atoms with E-state index in [1.54, 1.807) is 0 Å². The number of hydrogen-bond acceptors (Lipinski definition) is 5. The minimum absolute atomic E-state index is 0.385. The Balaban J connectivity index is 3.31. The molecule has 0 aromatic carbocycles. The molecular weight excluding hydrogens is 160 g/mol. The summed E-state index contributed by atoms with van der Waals surface area (Å²) in [6.45, 7) is 0.448. The fourth-order valence-electron chi connectivity index (χ4n) is 0.715. The van der Waals surface area contributed by atoms with Gasteiger partial charge in [-0.1, -0.05) is 0 Å². The fraction of sp³-hybridized carbons (Fsp3) is 0.833. The lowest BCUT2D eigenvalue weighted by atomic mass is 10.1. The van der Waals surface area contributed by atoms with Crippen LogP contribution in [0.3, 0.4) is 0 Å². The SMILES string of the molecule is N=[N+]=NCCCCC(N)C(=O)[O-]. The molecule has 0 saturated heterocycles. The second-order valence-corrected chi connectivity index (χ2v) is 2.39.